The van der Waals surface area contributed by atoms with Gasteiger partial charge in [-0.2, -0.15) is 0 Å². The highest BCUT2D eigenvalue weighted by atomic mass is 16.1. The average molecular weight is 250 g/mol. The lowest BCUT2D eigenvalue weighted by Crippen LogP contribution is -1.95. The molecule has 1 heteroatoms. The van der Waals surface area contributed by atoms with Crippen molar-refractivity contribution in [3.05, 3.63) is 76.4 Å². The number of allylic oxidation sites excluding steroid dienone is 1. The van der Waals surface area contributed by atoms with E-state index in [1.807, 2.05) is 63.2 Å². The molecule has 2 rings (SSSR count). The molecular formula is C18H18O. The smallest absolute Gasteiger partial charge is 0.185 e. The van der Waals surface area contributed by atoms with E-state index in [0.29, 0.717) is 0 Å². The summed E-state index contributed by atoms with van der Waals surface area (Å²) in [6, 6.07) is 13.9. The summed E-state index contributed by atoms with van der Waals surface area (Å²) in [5.41, 5.74) is 5.35. The molecule has 0 N–H and O–H groups in total. The number of rotatable bonds is 3. The molecule has 0 aliphatic rings. The molecule has 0 aliphatic heterocycles. The number of ketones is 1. The summed E-state index contributed by atoms with van der Waals surface area (Å²) >= 11 is 0. The monoisotopic (exact) mass is 250 g/mol. The molecule has 0 bridgehead atoms. The van der Waals surface area contributed by atoms with Crippen molar-refractivity contribution in [1.29, 1.82) is 0 Å². The molecule has 19 heavy (non-hydrogen) atoms. The number of hydrogen-bond acceptors (Lipinski definition) is 1. The Hall–Kier alpha value is -2.15. The van der Waals surface area contributed by atoms with Gasteiger partial charge in [-0.3, -0.25) is 4.79 Å². The third-order valence-corrected chi connectivity index (χ3v) is 3.26. The quantitative estimate of drug-likeness (QED) is 0.578. The minimum Gasteiger partial charge on any atom is -0.289 e. The van der Waals surface area contributed by atoms with Crippen LogP contribution in [0, 0.1) is 20.8 Å². The van der Waals surface area contributed by atoms with Crippen LogP contribution in [-0.4, -0.2) is 5.78 Å². The Morgan fingerprint density at radius 3 is 2.42 bits per heavy atom. The molecule has 0 fully saturated rings. The molecule has 2 aromatic carbocycles. The lowest BCUT2D eigenvalue weighted by Gasteiger charge is -2.02. The first-order chi connectivity index (χ1) is 9.06. The Balaban J connectivity index is 2.19. The molecule has 0 heterocycles. The third kappa shape index (κ3) is 3.41. The van der Waals surface area contributed by atoms with Crippen molar-refractivity contribution in [2.45, 2.75) is 20.8 Å². The van der Waals surface area contributed by atoms with Gasteiger partial charge >= 0.3 is 0 Å². The first-order valence-electron chi connectivity index (χ1n) is 6.42. The molecule has 0 aliphatic carbocycles. The van der Waals surface area contributed by atoms with Gasteiger partial charge < -0.3 is 0 Å². The SMILES string of the molecule is Cc1cccc(/C=C/C(=O)c2ccc(C)c(C)c2)c1. The maximum absolute atomic E-state index is 12.1. The van der Waals surface area contributed by atoms with Crippen LogP contribution in [0.5, 0.6) is 0 Å². The second kappa shape index (κ2) is 5.66. The van der Waals surface area contributed by atoms with Gasteiger partial charge in [-0.05, 0) is 49.6 Å². The molecule has 0 spiro atoms. The average Bonchev–Trinajstić information content (AvgIpc) is 2.39. The summed E-state index contributed by atoms with van der Waals surface area (Å²) in [6.07, 6.45) is 3.50. The first-order valence-corrected chi connectivity index (χ1v) is 6.42. The summed E-state index contributed by atoms with van der Waals surface area (Å²) in [4.78, 5) is 12.1. The van der Waals surface area contributed by atoms with Crippen molar-refractivity contribution >= 4 is 11.9 Å². The Kier molecular flexibility index (Phi) is 3.96. The van der Waals surface area contributed by atoms with Crippen molar-refractivity contribution in [2.75, 3.05) is 0 Å². The Morgan fingerprint density at radius 1 is 0.947 bits per heavy atom. The highest BCUT2D eigenvalue weighted by Crippen LogP contribution is 2.12. The summed E-state index contributed by atoms with van der Waals surface area (Å²) in [5, 5.41) is 0. The van der Waals surface area contributed by atoms with Crippen LogP contribution in [0.25, 0.3) is 6.08 Å². The van der Waals surface area contributed by atoms with Crippen molar-refractivity contribution in [3.8, 4) is 0 Å². The van der Waals surface area contributed by atoms with E-state index in [1.54, 1.807) is 6.08 Å². The molecular weight excluding hydrogens is 232 g/mol. The maximum Gasteiger partial charge on any atom is 0.185 e. The second-order valence-electron chi connectivity index (χ2n) is 4.91. The van der Waals surface area contributed by atoms with E-state index in [1.165, 1.54) is 11.1 Å². The van der Waals surface area contributed by atoms with Gasteiger partial charge in [0.05, 0.1) is 0 Å². The predicted octanol–water partition coefficient (Wildman–Crippen LogP) is 4.51. The minimum absolute atomic E-state index is 0.0459. The molecule has 0 radical (unpaired) electrons. The van der Waals surface area contributed by atoms with E-state index in [9.17, 15) is 4.79 Å². The van der Waals surface area contributed by atoms with Gasteiger partial charge in [0.15, 0.2) is 5.78 Å². The van der Waals surface area contributed by atoms with E-state index >= 15 is 0 Å². The van der Waals surface area contributed by atoms with Crippen molar-refractivity contribution in [3.63, 3.8) is 0 Å². The van der Waals surface area contributed by atoms with Crippen LogP contribution in [0.3, 0.4) is 0 Å². The first kappa shape index (κ1) is 13.3. The van der Waals surface area contributed by atoms with Crippen LogP contribution < -0.4 is 0 Å². The molecule has 2 aromatic rings. The zero-order chi connectivity index (χ0) is 13.8. The summed E-state index contributed by atoms with van der Waals surface area (Å²) in [6.45, 7) is 6.12. The number of carbonyl (C=O) groups excluding carboxylic acids is 1. The third-order valence-electron chi connectivity index (χ3n) is 3.26. The van der Waals surface area contributed by atoms with Crippen molar-refractivity contribution in [1.82, 2.24) is 0 Å². The normalized spacial score (nSPS) is 10.9. The topological polar surface area (TPSA) is 17.1 Å². The van der Waals surface area contributed by atoms with Crippen LogP contribution >= 0.6 is 0 Å². The van der Waals surface area contributed by atoms with Crippen molar-refractivity contribution in [2.24, 2.45) is 0 Å². The van der Waals surface area contributed by atoms with E-state index in [-0.39, 0.29) is 5.78 Å². The summed E-state index contributed by atoms with van der Waals surface area (Å²) < 4.78 is 0. The Labute approximate surface area is 114 Å². The van der Waals surface area contributed by atoms with E-state index < -0.39 is 0 Å². The second-order valence-corrected chi connectivity index (χ2v) is 4.91. The Morgan fingerprint density at radius 2 is 1.74 bits per heavy atom. The number of hydrogen-bond donors (Lipinski definition) is 0. The number of aryl methyl sites for hydroxylation is 3. The van der Waals surface area contributed by atoms with Gasteiger partial charge in [0.1, 0.15) is 0 Å². The Bertz CT molecular complexity index is 636. The molecule has 0 amide bonds. The molecule has 0 saturated carbocycles. The maximum atomic E-state index is 12.1. The predicted molar refractivity (Wildman–Crippen MR) is 80.5 cm³/mol. The summed E-state index contributed by atoms with van der Waals surface area (Å²) in [5.74, 6) is 0.0459. The van der Waals surface area contributed by atoms with Crippen LogP contribution in [0.15, 0.2) is 48.5 Å². The zero-order valence-corrected chi connectivity index (χ0v) is 11.6. The fraction of sp³-hybridized carbons (Fsp3) is 0.167. The van der Waals surface area contributed by atoms with Gasteiger partial charge in [-0.25, -0.2) is 0 Å². The van der Waals surface area contributed by atoms with Gasteiger partial charge in [-0.15, -0.1) is 0 Å². The molecule has 0 unspecified atom stereocenters. The van der Waals surface area contributed by atoms with Crippen LogP contribution in [-0.2, 0) is 0 Å². The van der Waals surface area contributed by atoms with Gasteiger partial charge in [0.25, 0.3) is 0 Å². The zero-order valence-electron chi connectivity index (χ0n) is 11.6. The lowest BCUT2D eigenvalue weighted by atomic mass is 10.0. The molecule has 0 saturated heterocycles. The van der Waals surface area contributed by atoms with Gasteiger partial charge in [0.2, 0.25) is 0 Å². The highest BCUT2D eigenvalue weighted by Gasteiger charge is 2.03. The van der Waals surface area contributed by atoms with Crippen LogP contribution in [0.1, 0.15) is 32.6 Å². The van der Waals surface area contributed by atoms with Crippen molar-refractivity contribution < 1.29 is 4.79 Å². The lowest BCUT2D eigenvalue weighted by molar-refractivity contribution is 0.104. The fourth-order valence-corrected chi connectivity index (χ4v) is 1.94. The standard InChI is InChI=1S/C18H18O/c1-13-5-4-6-16(11-13)8-10-18(19)17-9-7-14(2)15(3)12-17/h4-12H,1-3H3/b10-8+. The number of benzene rings is 2. The number of carbonyl (C=O) groups is 1. The summed E-state index contributed by atoms with van der Waals surface area (Å²) in [7, 11) is 0. The van der Waals surface area contributed by atoms with Crippen LogP contribution in [0.4, 0.5) is 0 Å². The van der Waals surface area contributed by atoms with E-state index in [0.717, 1.165) is 16.7 Å². The fourth-order valence-electron chi connectivity index (χ4n) is 1.94. The van der Waals surface area contributed by atoms with Gasteiger partial charge in [0, 0.05) is 5.56 Å². The van der Waals surface area contributed by atoms with E-state index in [2.05, 4.69) is 6.07 Å². The van der Waals surface area contributed by atoms with Crippen LogP contribution in [0.2, 0.25) is 0 Å². The molecule has 1 nitrogen and oxygen atoms in total. The molecule has 96 valence electrons. The largest absolute Gasteiger partial charge is 0.289 e. The van der Waals surface area contributed by atoms with E-state index in [4.69, 9.17) is 0 Å². The molecule has 0 aromatic heterocycles. The molecule has 0 atom stereocenters. The minimum atomic E-state index is 0.0459. The highest BCUT2D eigenvalue weighted by molar-refractivity contribution is 6.06. The van der Waals surface area contributed by atoms with Gasteiger partial charge in [-0.1, -0.05) is 48.0 Å².